The van der Waals surface area contributed by atoms with Crippen molar-refractivity contribution in [3.63, 3.8) is 0 Å². The van der Waals surface area contributed by atoms with Gasteiger partial charge in [0.25, 0.3) is 0 Å². The molecule has 0 spiro atoms. The average molecular weight is 239 g/mol. The highest BCUT2D eigenvalue weighted by Crippen LogP contribution is 2.29. The normalized spacial score (nSPS) is 15.7. The number of nitrogens with zero attached hydrogens (tertiary/aromatic N) is 4. The van der Waals surface area contributed by atoms with Crippen molar-refractivity contribution < 1.29 is 4.92 Å². The first kappa shape index (κ1) is 11.8. The van der Waals surface area contributed by atoms with Crippen LogP contribution >= 0.6 is 0 Å². The standard InChI is InChI=1S/C10H17N5O2/c1-4-14(8-5-11-6-8)10-9(15(16)17)12-7(2)13(10)3/h8,11H,4-6H2,1-3H3. The summed E-state index contributed by atoms with van der Waals surface area (Å²) in [5.74, 6) is 1.23. The van der Waals surface area contributed by atoms with Crippen LogP contribution in [0.2, 0.25) is 0 Å². The fourth-order valence-corrected chi connectivity index (χ4v) is 2.10. The van der Waals surface area contributed by atoms with Gasteiger partial charge in [-0.3, -0.25) is 4.57 Å². The Morgan fingerprint density at radius 3 is 2.71 bits per heavy atom. The van der Waals surface area contributed by atoms with Crippen LogP contribution in [-0.2, 0) is 7.05 Å². The van der Waals surface area contributed by atoms with E-state index >= 15 is 0 Å². The zero-order chi connectivity index (χ0) is 12.6. The summed E-state index contributed by atoms with van der Waals surface area (Å²) in [6.07, 6.45) is 0. The van der Waals surface area contributed by atoms with Crippen molar-refractivity contribution in [3.8, 4) is 0 Å². The Bertz CT molecular complexity index is 438. The quantitative estimate of drug-likeness (QED) is 0.609. The molecule has 17 heavy (non-hydrogen) atoms. The van der Waals surface area contributed by atoms with E-state index in [4.69, 9.17) is 0 Å². The molecular weight excluding hydrogens is 222 g/mol. The van der Waals surface area contributed by atoms with Gasteiger partial charge in [-0.15, -0.1) is 0 Å². The van der Waals surface area contributed by atoms with E-state index in [1.807, 2.05) is 14.0 Å². The molecule has 0 aromatic carbocycles. The summed E-state index contributed by atoms with van der Waals surface area (Å²) in [7, 11) is 1.82. The van der Waals surface area contributed by atoms with E-state index in [9.17, 15) is 10.1 Å². The summed E-state index contributed by atoms with van der Waals surface area (Å²) in [6.45, 7) is 6.27. The number of aromatic nitrogens is 2. The zero-order valence-corrected chi connectivity index (χ0v) is 10.3. The summed E-state index contributed by atoms with van der Waals surface area (Å²) in [6, 6.07) is 0.327. The van der Waals surface area contributed by atoms with Crippen molar-refractivity contribution in [2.24, 2.45) is 7.05 Å². The van der Waals surface area contributed by atoms with E-state index < -0.39 is 4.92 Å². The molecule has 0 bridgehead atoms. The van der Waals surface area contributed by atoms with Crippen LogP contribution in [0.4, 0.5) is 11.6 Å². The third-order valence-corrected chi connectivity index (χ3v) is 3.26. The maximum atomic E-state index is 11.0. The number of anilines is 1. The molecule has 1 aromatic rings. The molecule has 0 amide bonds. The van der Waals surface area contributed by atoms with E-state index in [-0.39, 0.29) is 5.82 Å². The Morgan fingerprint density at radius 2 is 2.29 bits per heavy atom. The zero-order valence-electron chi connectivity index (χ0n) is 10.3. The van der Waals surface area contributed by atoms with Crippen molar-refractivity contribution >= 4 is 11.6 Å². The number of hydrogen-bond acceptors (Lipinski definition) is 5. The molecule has 2 heterocycles. The molecular formula is C10H17N5O2. The number of aryl methyl sites for hydroxylation is 1. The smallest absolute Gasteiger partial charge is 0.358 e. The van der Waals surface area contributed by atoms with E-state index in [1.54, 1.807) is 11.5 Å². The highest BCUT2D eigenvalue weighted by atomic mass is 16.6. The second kappa shape index (κ2) is 4.33. The maximum absolute atomic E-state index is 11.0. The molecule has 1 aromatic heterocycles. The molecule has 7 nitrogen and oxygen atoms in total. The van der Waals surface area contributed by atoms with Crippen LogP contribution in [0.3, 0.4) is 0 Å². The van der Waals surface area contributed by atoms with Gasteiger partial charge in [0.05, 0.1) is 6.04 Å². The molecule has 1 aliphatic rings. The van der Waals surface area contributed by atoms with E-state index in [0.717, 1.165) is 19.6 Å². The predicted octanol–water partition coefficient (Wildman–Crippen LogP) is 0.435. The van der Waals surface area contributed by atoms with Crippen LogP contribution in [0.25, 0.3) is 0 Å². The topological polar surface area (TPSA) is 76.2 Å². The van der Waals surface area contributed by atoms with Crippen LogP contribution < -0.4 is 10.2 Å². The number of likely N-dealkylation sites (N-methyl/N-ethyl adjacent to an activating group) is 1. The van der Waals surface area contributed by atoms with Crippen molar-refractivity contribution in [2.75, 3.05) is 24.5 Å². The van der Waals surface area contributed by atoms with E-state index in [2.05, 4.69) is 15.2 Å². The van der Waals surface area contributed by atoms with Crippen molar-refractivity contribution in [3.05, 3.63) is 15.9 Å². The second-order valence-electron chi connectivity index (χ2n) is 4.22. The number of nitrogens with one attached hydrogen (secondary N) is 1. The molecule has 2 rings (SSSR count). The Kier molecular flexibility index (Phi) is 3.01. The second-order valence-corrected chi connectivity index (χ2v) is 4.22. The lowest BCUT2D eigenvalue weighted by molar-refractivity contribution is -0.388. The van der Waals surface area contributed by atoms with Crippen LogP contribution in [0.15, 0.2) is 0 Å². The van der Waals surface area contributed by atoms with Gasteiger partial charge in [-0.25, -0.2) is 0 Å². The predicted molar refractivity (Wildman–Crippen MR) is 64.3 cm³/mol. The minimum absolute atomic E-state index is 0.0428. The first-order valence-corrected chi connectivity index (χ1v) is 5.71. The Morgan fingerprint density at radius 1 is 1.65 bits per heavy atom. The van der Waals surface area contributed by atoms with E-state index in [1.165, 1.54) is 0 Å². The van der Waals surface area contributed by atoms with Crippen LogP contribution in [0.5, 0.6) is 0 Å². The Labute approximate surface area is 99.6 Å². The molecule has 7 heteroatoms. The largest absolute Gasteiger partial charge is 0.406 e. The summed E-state index contributed by atoms with van der Waals surface area (Å²) in [5, 5.41) is 14.2. The van der Waals surface area contributed by atoms with E-state index in [0.29, 0.717) is 17.7 Å². The van der Waals surface area contributed by atoms with Crippen molar-refractivity contribution in [2.45, 2.75) is 19.9 Å². The number of rotatable bonds is 4. The molecule has 94 valence electrons. The summed E-state index contributed by atoms with van der Waals surface area (Å²) >= 11 is 0. The van der Waals surface area contributed by atoms with Crippen LogP contribution in [0.1, 0.15) is 12.7 Å². The highest BCUT2D eigenvalue weighted by molar-refractivity contribution is 5.57. The maximum Gasteiger partial charge on any atom is 0.406 e. The minimum Gasteiger partial charge on any atom is -0.358 e. The lowest BCUT2D eigenvalue weighted by Crippen LogP contribution is -2.57. The summed E-state index contributed by atoms with van der Waals surface area (Å²) < 4.78 is 1.79. The molecule has 0 atom stereocenters. The monoisotopic (exact) mass is 239 g/mol. The molecule has 1 saturated heterocycles. The molecule has 0 saturated carbocycles. The third kappa shape index (κ3) is 1.86. The fraction of sp³-hybridized carbons (Fsp3) is 0.700. The minimum atomic E-state index is -0.406. The molecule has 1 aliphatic heterocycles. The lowest BCUT2D eigenvalue weighted by Gasteiger charge is -2.38. The average Bonchev–Trinajstić information content (AvgIpc) is 2.50. The molecule has 0 aliphatic carbocycles. The number of nitro groups is 1. The van der Waals surface area contributed by atoms with Gasteiger partial charge in [-0.2, -0.15) is 0 Å². The highest BCUT2D eigenvalue weighted by Gasteiger charge is 2.33. The van der Waals surface area contributed by atoms with Gasteiger partial charge in [0.1, 0.15) is 0 Å². The first-order chi connectivity index (χ1) is 8.06. The van der Waals surface area contributed by atoms with Crippen LogP contribution in [0, 0.1) is 17.0 Å². The first-order valence-electron chi connectivity index (χ1n) is 5.71. The fourth-order valence-electron chi connectivity index (χ4n) is 2.10. The van der Waals surface area contributed by atoms with Gasteiger partial charge in [-0.1, -0.05) is 0 Å². The van der Waals surface area contributed by atoms with Gasteiger partial charge in [0.15, 0.2) is 0 Å². The molecule has 1 N–H and O–H groups in total. The molecule has 1 fully saturated rings. The van der Waals surface area contributed by atoms with Crippen molar-refractivity contribution in [1.82, 2.24) is 14.9 Å². The molecule has 0 unspecified atom stereocenters. The summed E-state index contributed by atoms with van der Waals surface area (Å²) in [4.78, 5) is 16.7. The molecule has 0 radical (unpaired) electrons. The van der Waals surface area contributed by atoms with Gasteiger partial charge in [0.2, 0.25) is 11.6 Å². The van der Waals surface area contributed by atoms with Gasteiger partial charge >= 0.3 is 5.82 Å². The van der Waals surface area contributed by atoms with Crippen LogP contribution in [-0.4, -0.2) is 40.2 Å². The SMILES string of the molecule is CCN(c1c([N+](=O)[O-])nc(C)n1C)C1CNC1. The van der Waals surface area contributed by atoms with Gasteiger partial charge < -0.3 is 20.3 Å². The van der Waals surface area contributed by atoms with Gasteiger partial charge in [-0.05, 0) is 16.8 Å². The van der Waals surface area contributed by atoms with Crippen molar-refractivity contribution in [1.29, 1.82) is 0 Å². The number of hydrogen-bond donors (Lipinski definition) is 1. The lowest BCUT2D eigenvalue weighted by atomic mass is 10.1. The Balaban J connectivity index is 2.43. The number of imidazole rings is 1. The summed E-state index contributed by atoms with van der Waals surface area (Å²) in [5.41, 5.74) is 0. The third-order valence-electron chi connectivity index (χ3n) is 3.26. The Hall–Kier alpha value is -1.63. The van der Waals surface area contributed by atoms with Gasteiger partial charge in [0, 0.05) is 33.6 Å².